The van der Waals surface area contributed by atoms with Gasteiger partial charge in [-0.15, -0.1) is 10.1 Å². The fourth-order valence-electron chi connectivity index (χ4n) is 2.03. The van der Waals surface area contributed by atoms with Gasteiger partial charge in [0.15, 0.2) is 5.96 Å². The number of urea groups is 1. The number of hydrogen-bond donors (Lipinski definition) is 3. The zero-order chi connectivity index (χ0) is 18.3. The summed E-state index contributed by atoms with van der Waals surface area (Å²) in [6.07, 6.45) is 0. The van der Waals surface area contributed by atoms with Gasteiger partial charge in [-0.25, -0.2) is 4.79 Å². The molecule has 0 aromatic heterocycles. The van der Waals surface area contributed by atoms with Gasteiger partial charge in [0, 0.05) is 13.1 Å². The third-order valence-electron chi connectivity index (χ3n) is 3.05. The summed E-state index contributed by atoms with van der Waals surface area (Å²) in [6, 6.07) is 5.59. The van der Waals surface area contributed by atoms with E-state index in [4.69, 9.17) is 26.5 Å². The summed E-state index contributed by atoms with van der Waals surface area (Å²) in [4.78, 5) is 23.6. The van der Waals surface area contributed by atoms with E-state index >= 15 is 0 Å². The topological polar surface area (TPSA) is 137 Å². The Hall–Kier alpha value is -2.84. The Kier molecular flexibility index (Phi) is 7.51. The number of benzene rings is 1. The minimum Gasteiger partial charge on any atom is -0.370 e. The Morgan fingerprint density at radius 1 is 1.35 bits per heavy atom. The molecular formula is C14H23N5O4. The summed E-state index contributed by atoms with van der Waals surface area (Å²) in [5.41, 5.74) is 8.33. The van der Waals surface area contributed by atoms with Gasteiger partial charge < -0.3 is 10.9 Å². The second-order valence-electron chi connectivity index (χ2n) is 5.17. The number of aryl methyl sites for hydroxylation is 2. The summed E-state index contributed by atoms with van der Waals surface area (Å²) in [5, 5.41) is 21.0. The lowest BCUT2D eigenvalue weighted by Crippen LogP contribution is -2.49. The zero-order valence-electron chi connectivity index (χ0n) is 13.9. The van der Waals surface area contributed by atoms with E-state index in [2.05, 4.69) is 0 Å². The number of guanidine groups is 1. The summed E-state index contributed by atoms with van der Waals surface area (Å²) in [5.74, 6) is -0.262. The predicted molar refractivity (Wildman–Crippen MR) is 87.4 cm³/mol. The quantitative estimate of drug-likeness (QED) is 0.331. The number of carbonyl (C=O) groups excluding carboxylic acids is 1. The summed E-state index contributed by atoms with van der Waals surface area (Å²) in [7, 11) is 1.51. The van der Waals surface area contributed by atoms with Crippen molar-refractivity contribution in [3.8, 4) is 0 Å². The number of hydrogen-bond acceptors (Lipinski definition) is 4. The molecule has 1 aromatic rings. The van der Waals surface area contributed by atoms with E-state index in [1.54, 1.807) is 4.90 Å². The van der Waals surface area contributed by atoms with E-state index in [0.29, 0.717) is 0 Å². The van der Waals surface area contributed by atoms with Crippen molar-refractivity contribution in [2.24, 2.45) is 5.73 Å². The van der Waals surface area contributed by atoms with Gasteiger partial charge in [-0.1, -0.05) is 18.2 Å². The molecule has 0 spiro atoms. The number of carbonyl (C=O) groups is 1. The van der Waals surface area contributed by atoms with Crippen LogP contribution in [0.1, 0.15) is 25.0 Å². The van der Waals surface area contributed by atoms with E-state index in [1.165, 1.54) is 7.05 Å². The highest BCUT2D eigenvalue weighted by molar-refractivity contribution is 6.03. The first-order valence-corrected chi connectivity index (χ1v) is 6.81. The van der Waals surface area contributed by atoms with E-state index in [1.807, 2.05) is 45.9 Å². The van der Waals surface area contributed by atoms with Gasteiger partial charge in [-0.2, -0.15) is 0 Å². The normalized spacial score (nSPS) is 9.65. The van der Waals surface area contributed by atoms with Gasteiger partial charge in [-0.3, -0.25) is 15.2 Å². The number of nitrogens with two attached hydrogens (primary N) is 1. The maximum absolute atomic E-state index is 12.5. The number of anilines is 1. The molecular weight excluding hydrogens is 302 g/mol. The molecule has 0 heterocycles. The molecule has 1 rings (SSSR count). The molecule has 9 nitrogen and oxygen atoms in total. The highest BCUT2D eigenvalue weighted by atomic mass is 16.9. The molecule has 0 aliphatic carbocycles. The van der Waals surface area contributed by atoms with Gasteiger partial charge in [-0.05, 0) is 38.8 Å². The van der Waals surface area contributed by atoms with Crippen LogP contribution in [0.15, 0.2) is 18.2 Å². The van der Waals surface area contributed by atoms with Gasteiger partial charge in [0.2, 0.25) is 0 Å². The summed E-state index contributed by atoms with van der Waals surface area (Å²) >= 11 is 0. The number of nitrogens with zero attached hydrogens (tertiary/aromatic N) is 3. The lowest BCUT2D eigenvalue weighted by atomic mass is 10.1. The lowest BCUT2D eigenvalue weighted by Gasteiger charge is -2.32. The Morgan fingerprint density at radius 3 is 2.04 bits per heavy atom. The summed E-state index contributed by atoms with van der Waals surface area (Å²) in [6.45, 7) is 7.83. The van der Waals surface area contributed by atoms with E-state index in [-0.39, 0.29) is 18.0 Å². The van der Waals surface area contributed by atoms with Crippen LogP contribution in [0.4, 0.5) is 10.5 Å². The fraction of sp³-hybridized carbons (Fsp3) is 0.429. The van der Waals surface area contributed by atoms with Crippen molar-refractivity contribution in [2.45, 2.75) is 33.7 Å². The van der Waals surface area contributed by atoms with Crippen molar-refractivity contribution >= 4 is 17.7 Å². The molecule has 0 fully saturated rings. The highest BCUT2D eigenvalue weighted by Gasteiger charge is 2.26. The van der Waals surface area contributed by atoms with Crippen molar-refractivity contribution in [1.29, 1.82) is 5.41 Å². The van der Waals surface area contributed by atoms with Crippen LogP contribution in [0.25, 0.3) is 0 Å². The van der Waals surface area contributed by atoms with Gasteiger partial charge in [0.1, 0.15) is 0 Å². The smallest absolute Gasteiger partial charge is 0.331 e. The standard InChI is InChI=1S/C14H22N4O.HNO3/c1-9(2)18(14(19)17(5)13(15)16)12-10(3)7-6-8-11(12)4;2-1(3)4/h6-9H,1-5H3,(H3,15,16);(H,2,3,4). The Bertz CT molecular complexity index is 564. The average Bonchev–Trinajstić information content (AvgIpc) is 2.40. The Morgan fingerprint density at radius 2 is 1.74 bits per heavy atom. The van der Waals surface area contributed by atoms with Crippen molar-refractivity contribution in [3.05, 3.63) is 39.4 Å². The van der Waals surface area contributed by atoms with Crippen molar-refractivity contribution in [2.75, 3.05) is 11.9 Å². The number of para-hydroxylation sites is 1. The van der Waals surface area contributed by atoms with Crippen molar-refractivity contribution < 1.29 is 15.1 Å². The molecule has 0 saturated heterocycles. The predicted octanol–water partition coefficient (Wildman–Crippen LogP) is 2.12. The molecule has 1 aromatic carbocycles. The van der Waals surface area contributed by atoms with Crippen LogP contribution >= 0.6 is 0 Å². The van der Waals surface area contributed by atoms with Crippen LogP contribution in [-0.2, 0) is 0 Å². The molecule has 0 unspecified atom stereocenters. The van der Waals surface area contributed by atoms with Gasteiger partial charge >= 0.3 is 6.03 Å². The third kappa shape index (κ3) is 5.81. The molecule has 0 bridgehead atoms. The van der Waals surface area contributed by atoms with Crippen LogP contribution in [0, 0.1) is 29.4 Å². The first-order chi connectivity index (χ1) is 10.5. The van der Waals surface area contributed by atoms with E-state index in [9.17, 15) is 4.79 Å². The monoisotopic (exact) mass is 325 g/mol. The first-order valence-electron chi connectivity index (χ1n) is 6.81. The minimum atomic E-state index is -1.50. The lowest BCUT2D eigenvalue weighted by molar-refractivity contribution is -0.742. The highest BCUT2D eigenvalue weighted by Crippen LogP contribution is 2.27. The van der Waals surface area contributed by atoms with Crippen LogP contribution in [-0.4, -0.2) is 40.3 Å². The molecule has 0 aliphatic rings. The van der Waals surface area contributed by atoms with Crippen LogP contribution < -0.4 is 10.6 Å². The average molecular weight is 325 g/mol. The number of nitrogens with one attached hydrogen (secondary N) is 1. The SMILES string of the molecule is Cc1cccc(C)c1N(C(=O)N(C)C(=N)N)C(C)C.O=[N+]([O-])O. The Balaban J connectivity index is 0.00000108. The van der Waals surface area contributed by atoms with Gasteiger partial charge in [0.25, 0.3) is 5.09 Å². The molecule has 2 amide bonds. The van der Waals surface area contributed by atoms with Crippen LogP contribution in [0.5, 0.6) is 0 Å². The number of rotatable bonds is 2. The molecule has 4 N–H and O–H groups in total. The van der Waals surface area contributed by atoms with Crippen LogP contribution in [0.2, 0.25) is 0 Å². The van der Waals surface area contributed by atoms with Crippen molar-refractivity contribution in [3.63, 3.8) is 0 Å². The van der Waals surface area contributed by atoms with E-state index < -0.39 is 5.09 Å². The molecule has 128 valence electrons. The van der Waals surface area contributed by atoms with Crippen LogP contribution in [0.3, 0.4) is 0 Å². The van der Waals surface area contributed by atoms with E-state index in [0.717, 1.165) is 21.7 Å². The minimum absolute atomic E-state index is 0.0194. The van der Waals surface area contributed by atoms with Gasteiger partial charge in [0.05, 0.1) is 5.69 Å². The zero-order valence-corrected chi connectivity index (χ0v) is 13.9. The second-order valence-corrected chi connectivity index (χ2v) is 5.17. The summed E-state index contributed by atoms with van der Waals surface area (Å²) < 4.78 is 0. The molecule has 0 aliphatic heterocycles. The van der Waals surface area contributed by atoms with Crippen molar-refractivity contribution in [1.82, 2.24) is 4.90 Å². The fourth-order valence-corrected chi connectivity index (χ4v) is 2.03. The molecule has 23 heavy (non-hydrogen) atoms. The molecule has 0 saturated carbocycles. The largest absolute Gasteiger partial charge is 0.370 e. The molecule has 0 atom stereocenters. The maximum Gasteiger partial charge on any atom is 0.331 e. The maximum atomic E-state index is 12.5. The molecule has 9 heteroatoms. The molecule has 0 radical (unpaired) electrons. The number of amides is 2. The Labute approximate surface area is 134 Å². The second kappa shape index (κ2) is 8.57. The third-order valence-corrected chi connectivity index (χ3v) is 3.05. The first kappa shape index (κ1) is 20.2.